The number of aryl methyl sites for hydroxylation is 1. The van der Waals surface area contributed by atoms with Crippen LogP contribution >= 0.6 is 23.7 Å². The van der Waals surface area contributed by atoms with Gasteiger partial charge in [-0.3, -0.25) is 4.79 Å². The molecule has 0 aromatic heterocycles. The van der Waals surface area contributed by atoms with E-state index >= 15 is 0 Å². The van der Waals surface area contributed by atoms with Crippen molar-refractivity contribution in [2.75, 3.05) is 32.0 Å². The summed E-state index contributed by atoms with van der Waals surface area (Å²) in [4.78, 5) is 14.5. The van der Waals surface area contributed by atoms with Gasteiger partial charge in [-0.25, -0.2) is 4.72 Å². The molecule has 2 N–H and O–H groups in total. The average Bonchev–Trinajstić information content (AvgIpc) is 3.31. The third-order valence-corrected chi connectivity index (χ3v) is 8.12. The summed E-state index contributed by atoms with van der Waals surface area (Å²) in [5, 5.41) is 3.35. The number of carbonyl (C=O) groups is 1. The van der Waals surface area contributed by atoms with Crippen molar-refractivity contribution < 1.29 is 14.3 Å². The van der Waals surface area contributed by atoms with Crippen molar-refractivity contribution in [3.05, 3.63) is 95.6 Å². The summed E-state index contributed by atoms with van der Waals surface area (Å²) in [5.74, 6) is 2.38. The van der Waals surface area contributed by atoms with E-state index in [1.807, 2.05) is 36.4 Å². The standard InChI is InChI=1S/C29H34N2O3S2/c1-33-16-17-34-25-11-7-12-26(19-25)36-30-21-35-20-24(18-22-8-3-2-4-9-22)29(32)31-28-15-14-23-10-5-6-13-27(23)28/h2-13,19,24,28,30H,14-18,20-21H2,1H3,(H,31,32). The number of thioether (sulfide) groups is 1. The quantitative estimate of drug-likeness (QED) is 0.162. The summed E-state index contributed by atoms with van der Waals surface area (Å²) in [6.45, 7) is 1.10. The second-order valence-electron chi connectivity index (χ2n) is 8.76. The molecule has 7 heteroatoms. The molecule has 36 heavy (non-hydrogen) atoms. The molecule has 2 unspecified atom stereocenters. The fraction of sp³-hybridized carbons (Fsp3) is 0.345. The molecule has 0 fully saturated rings. The fourth-order valence-corrected chi connectivity index (χ4v) is 6.08. The van der Waals surface area contributed by atoms with E-state index in [1.54, 1.807) is 30.8 Å². The highest BCUT2D eigenvalue weighted by Crippen LogP contribution is 2.31. The van der Waals surface area contributed by atoms with Crippen LogP contribution in [0.3, 0.4) is 0 Å². The van der Waals surface area contributed by atoms with E-state index in [4.69, 9.17) is 9.47 Å². The lowest BCUT2D eigenvalue weighted by Gasteiger charge is -2.21. The number of rotatable bonds is 14. The van der Waals surface area contributed by atoms with Gasteiger partial charge in [0.15, 0.2) is 0 Å². The molecule has 0 radical (unpaired) electrons. The molecule has 190 valence electrons. The number of fused-ring (bicyclic) bond motifs is 1. The Balaban J connectivity index is 1.28. The summed E-state index contributed by atoms with van der Waals surface area (Å²) in [5.41, 5.74) is 3.81. The lowest BCUT2D eigenvalue weighted by molar-refractivity contribution is -0.125. The van der Waals surface area contributed by atoms with Crippen LogP contribution in [-0.2, 0) is 22.4 Å². The van der Waals surface area contributed by atoms with Gasteiger partial charge in [-0.05, 0) is 66.1 Å². The first-order valence-corrected chi connectivity index (χ1v) is 14.3. The largest absolute Gasteiger partial charge is 0.491 e. The Morgan fingerprint density at radius 2 is 1.86 bits per heavy atom. The highest BCUT2D eigenvalue weighted by molar-refractivity contribution is 8.01. The van der Waals surface area contributed by atoms with Crippen molar-refractivity contribution in [1.29, 1.82) is 0 Å². The van der Waals surface area contributed by atoms with Gasteiger partial charge < -0.3 is 14.8 Å². The lowest BCUT2D eigenvalue weighted by atomic mass is 9.99. The topological polar surface area (TPSA) is 59.6 Å². The molecule has 0 spiro atoms. The number of carbonyl (C=O) groups excluding carboxylic acids is 1. The van der Waals surface area contributed by atoms with Gasteiger partial charge in [0.1, 0.15) is 12.4 Å². The number of hydrogen-bond donors (Lipinski definition) is 2. The molecule has 0 heterocycles. The molecule has 3 aromatic carbocycles. The zero-order valence-electron chi connectivity index (χ0n) is 20.7. The molecule has 1 aliphatic rings. The first-order chi connectivity index (χ1) is 17.7. The zero-order chi connectivity index (χ0) is 25.0. The molecule has 5 nitrogen and oxygen atoms in total. The Hall–Kier alpha value is -2.45. The van der Waals surface area contributed by atoms with Gasteiger partial charge in [-0.1, -0.05) is 60.7 Å². The average molecular weight is 523 g/mol. The van der Waals surface area contributed by atoms with Crippen molar-refractivity contribution in [1.82, 2.24) is 10.0 Å². The first kappa shape index (κ1) is 26.6. The number of amides is 1. The van der Waals surface area contributed by atoms with Crippen LogP contribution in [-0.4, -0.2) is 37.9 Å². The number of nitrogens with one attached hydrogen (secondary N) is 2. The Morgan fingerprint density at radius 3 is 2.72 bits per heavy atom. The molecular formula is C29H34N2O3S2. The molecule has 0 saturated carbocycles. The summed E-state index contributed by atoms with van der Waals surface area (Å²) in [6, 6.07) is 26.9. The SMILES string of the molecule is COCCOc1cccc(SNCSCC(Cc2ccccc2)C(=O)NC2CCc3ccccc32)c1. The highest BCUT2D eigenvalue weighted by atomic mass is 32.2. The molecule has 2 atom stereocenters. The van der Waals surface area contributed by atoms with Crippen LogP contribution in [0.4, 0.5) is 0 Å². The normalized spacial score (nSPS) is 15.3. The van der Waals surface area contributed by atoms with E-state index in [1.165, 1.54) is 16.7 Å². The van der Waals surface area contributed by atoms with Crippen molar-refractivity contribution in [2.45, 2.75) is 30.2 Å². The molecule has 1 aliphatic carbocycles. The highest BCUT2D eigenvalue weighted by Gasteiger charge is 2.27. The summed E-state index contributed by atoms with van der Waals surface area (Å²) >= 11 is 3.33. The maximum absolute atomic E-state index is 13.4. The number of hydrogen-bond acceptors (Lipinski definition) is 6. The van der Waals surface area contributed by atoms with Crippen molar-refractivity contribution in [3.8, 4) is 5.75 Å². The van der Waals surface area contributed by atoms with Crippen LogP contribution in [0.1, 0.15) is 29.2 Å². The molecule has 3 aromatic rings. The van der Waals surface area contributed by atoms with E-state index in [0.717, 1.165) is 41.5 Å². The molecule has 0 bridgehead atoms. The summed E-state index contributed by atoms with van der Waals surface area (Å²) in [6.07, 6.45) is 2.74. The smallest absolute Gasteiger partial charge is 0.224 e. The van der Waals surface area contributed by atoms with E-state index in [2.05, 4.69) is 52.5 Å². The van der Waals surface area contributed by atoms with Gasteiger partial charge in [-0.15, -0.1) is 11.8 Å². The van der Waals surface area contributed by atoms with Gasteiger partial charge in [0.05, 0.1) is 24.4 Å². The second-order valence-corrected chi connectivity index (χ2v) is 10.8. The van der Waals surface area contributed by atoms with Crippen molar-refractivity contribution in [2.24, 2.45) is 5.92 Å². The fourth-order valence-electron chi connectivity index (χ4n) is 4.35. The Kier molecular flexibility index (Phi) is 10.6. The minimum atomic E-state index is -0.0884. The van der Waals surface area contributed by atoms with Gasteiger partial charge in [-0.2, -0.15) is 0 Å². The zero-order valence-corrected chi connectivity index (χ0v) is 22.3. The van der Waals surface area contributed by atoms with Crippen LogP contribution in [0.2, 0.25) is 0 Å². The van der Waals surface area contributed by atoms with Gasteiger partial charge in [0, 0.05) is 17.8 Å². The third kappa shape index (κ3) is 8.03. The maximum Gasteiger partial charge on any atom is 0.224 e. The van der Waals surface area contributed by atoms with Crippen LogP contribution in [0.15, 0.2) is 83.8 Å². The second kappa shape index (κ2) is 14.3. The Morgan fingerprint density at radius 1 is 1.03 bits per heavy atom. The van der Waals surface area contributed by atoms with Gasteiger partial charge in [0.2, 0.25) is 5.91 Å². The molecule has 0 aliphatic heterocycles. The van der Waals surface area contributed by atoms with Crippen LogP contribution in [0, 0.1) is 5.92 Å². The Bertz CT molecular complexity index is 1100. The van der Waals surface area contributed by atoms with Crippen LogP contribution in [0.5, 0.6) is 5.75 Å². The van der Waals surface area contributed by atoms with Crippen molar-refractivity contribution in [3.63, 3.8) is 0 Å². The summed E-state index contributed by atoms with van der Waals surface area (Å²) < 4.78 is 14.1. The van der Waals surface area contributed by atoms with E-state index < -0.39 is 0 Å². The monoisotopic (exact) mass is 522 g/mol. The molecule has 4 rings (SSSR count). The minimum Gasteiger partial charge on any atom is -0.491 e. The van der Waals surface area contributed by atoms with E-state index in [0.29, 0.717) is 13.2 Å². The van der Waals surface area contributed by atoms with E-state index in [9.17, 15) is 4.79 Å². The maximum atomic E-state index is 13.4. The lowest BCUT2D eigenvalue weighted by Crippen LogP contribution is -2.35. The molecular weight excluding hydrogens is 488 g/mol. The Labute approximate surface area is 222 Å². The van der Waals surface area contributed by atoms with Crippen LogP contribution in [0.25, 0.3) is 0 Å². The third-order valence-electron chi connectivity index (χ3n) is 6.18. The van der Waals surface area contributed by atoms with Gasteiger partial charge in [0.25, 0.3) is 0 Å². The number of benzene rings is 3. The van der Waals surface area contributed by atoms with E-state index in [-0.39, 0.29) is 17.9 Å². The molecule has 0 saturated heterocycles. The minimum absolute atomic E-state index is 0.0884. The first-order valence-electron chi connectivity index (χ1n) is 12.3. The molecule has 1 amide bonds. The van der Waals surface area contributed by atoms with Crippen molar-refractivity contribution >= 4 is 29.6 Å². The van der Waals surface area contributed by atoms with Gasteiger partial charge >= 0.3 is 0 Å². The number of ether oxygens (including phenoxy) is 2. The summed E-state index contributed by atoms with van der Waals surface area (Å²) in [7, 11) is 1.67. The number of methoxy groups -OCH3 is 1. The predicted molar refractivity (Wildman–Crippen MR) is 149 cm³/mol. The predicted octanol–water partition coefficient (Wildman–Crippen LogP) is 5.66. The van der Waals surface area contributed by atoms with Crippen LogP contribution < -0.4 is 14.8 Å².